The highest BCUT2D eigenvalue weighted by Crippen LogP contribution is 2.32. The molecule has 0 spiro atoms. The van der Waals surface area contributed by atoms with Gasteiger partial charge in [-0.25, -0.2) is 0 Å². The molecule has 1 saturated heterocycles. The van der Waals surface area contributed by atoms with Gasteiger partial charge in [-0.1, -0.05) is 0 Å². The fraction of sp³-hybridized carbons (Fsp3) is 0.700. The van der Waals surface area contributed by atoms with Gasteiger partial charge in [0.15, 0.2) is 0 Å². The Hall–Kier alpha value is -0.870. The van der Waals surface area contributed by atoms with Crippen molar-refractivity contribution in [2.45, 2.75) is 25.6 Å². The molecule has 1 N–H and O–H groups in total. The van der Waals surface area contributed by atoms with Crippen molar-refractivity contribution in [1.29, 1.82) is 0 Å². The van der Waals surface area contributed by atoms with Gasteiger partial charge in [-0.2, -0.15) is 5.10 Å². The molecule has 4 nitrogen and oxygen atoms in total. The van der Waals surface area contributed by atoms with E-state index in [1.807, 2.05) is 20.2 Å². The summed E-state index contributed by atoms with van der Waals surface area (Å²) >= 11 is 0. The van der Waals surface area contributed by atoms with E-state index in [1.165, 1.54) is 0 Å². The molecule has 3 atom stereocenters. The molecule has 0 saturated carbocycles. The van der Waals surface area contributed by atoms with Gasteiger partial charge in [0.2, 0.25) is 0 Å². The first-order valence-corrected chi connectivity index (χ1v) is 4.96. The van der Waals surface area contributed by atoms with Crippen LogP contribution in [0.3, 0.4) is 0 Å². The van der Waals surface area contributed by atoms with Crippen LogP contribution in [0.5, 0.6) is 0 Å². The number of hydrogen-bond donors (Lipinski definition) is 1. The van der Waals surface area contributed by atoms with Crippen LogP contribution >= 0.6 is 0 Å². The molecule has 0 aromatic carbocycles. The standard InChI is InChI=1S/C10H16N2O2/c1-7-9(3-4-14-7)10(13)8-5-11-12(2)6-8/h5-7,9-10,13H,3-4H2,1-2H3. The lowest BCUT2D eigenvalue weighted by Gasteiger charge is -2.19. The maximum Gasteiger partial charge on any atom is 0.0874 e. The van der Waals surface area contributed by atoms with E-state index in [4.69, 9.17) is 4.74 Å². The Bertz CT molecular complexity index is 311. The lowest BCUT2D eigenvalue weighted by atomic mass is 9.92. The average Bonchev–Trinajstić information content (AvgIpc) is 2.73. The van der Waals surface area contributed by atoms with Crippen LogP contribution in [0.2, 0.25) is 0 Å². The van der Waals surface area contributed by atoms with Gasteiger partial charge in [0, 0.05) is 31.3 Å². The van der Waals surface area contributed by atoms with E-state index in [9.17, 15) is 5.11 Å². The fourth-order valence-electron chi connectivity index (χ4n) is 2.00. The Balaban J connectivity index is 2.11. The fourth-order valence-corrected chi connectivity index (χ4v) is 2.00. The van der Waals surface area contributed by atoms with E-state index in [0.717, 1.165) is 18.6 Å². The van der Waals surface area contributed by atoms with Crippen molar-refractivity contribution in [3.05, 3.63) is 18.0 Å². The Labute approximate surface area is 83.5 Å². The number of aromatic nitrogens is 2. The summed E-state index contributed by atoms with van der Waals surface area (Å²) in [7, 11) is 1.85. The molecule has 78 valence electrons. The van der Waals surface area contributed by atoms with Gasteiger partial charge in [0.1, 0.15) is 0 Å². The van der Waals surface area contributed by atoms with Gasteiger partial charge in [-0.15, -0.1) is 0 Å². The Morgan fingerprint density at radius 2 is 2.50 bits per heavy atom. The Kier molecular flexibility index (Phi) is 2.56. The lowest BCUT2D eigenvalue weighted by molar-refractivity contribution is 0.0431. The molecular formula is C10H16N2O2. The van der Waals surface area contributed by atoms with Crippen LogP contribution < -0.4 is 0 Å². The summed E-state index contributed by atoms with van der Waals surface area (Å²) in [5, 5.41) is 14.1. The minimum Gasteiger partial charge on any atom is -0.388 e. The van der Waals surface area contributed by atoms with Crippen LogP contribution in [0, 0.1) is 5.92 Å². The largest absolute Gasteiger partial charge is 0.388 e. The summed E-state index contributed by atoms with van der Waals surface area (Å²) in [5.74, 6) is 0.208. The molecule has 1 aliphatic heterocycles. The molecule has 14 heavy (non-hydrogen) atoms. The van der Waals surface area contributed by atoms with E-state index >= 15 is 0 Å². The van der Waals surface area contributed by atoms with Crippen LogP contribution in [0.1, 0.15) is 25.0 Å². The molecule has 1 aromatic heterocycles. The molecule has 1 fully saturated rings. The summed E-state index contributed by atoms with van der Waals surface area (Å²) in [6.07, 6.45) is 4.20. The lowest BCUT2D eigenvalue weighted by Crippen LogP contribution is -2.19. The first kappa shape index (κ1) is 9.68. The molecule has 2 rings (SSSR count). The quantitative estimate of drug-likeness (QED) is 0.763. The summed E-state index contributed by atoms with van der Waals surface area (Å²) < 4.78 is 7.14. The second-order valence-corrected chi connectivity index (χ2v) is 3.92. The predicted octanol–water partition coefficient (Wildman–Crippen LogP) is 0.879. The van der Waals surface area contributed by atoms with E-state index in [-0.39, 0.29) is 12.0 Å². The van der Waals surface area contributed by atoms with E-state index in [1.54, 1.807) is 10.9 Å². The molecule has 1 aliphatic rings. The summed E-state index contributed by atoms with van der Waals surface area (Å²) in [6.45, 7) is 2.76. The molecular weight excluding hydrogens is 180 g/mol. The van der Waals surface area contributed by atoms with Crippen molar-refractivity contribution in [3.63, 3.8) is 0 Å². The number of ether oxygens (including phenoxy) is 1. The minimum atomic E-state index is -0.443. The van der Waals surface area contributed by atoms with Gasteiger partial charge in [0.25, 0.3) is 0 Å². The summed E-state index contributed by atoms with van der Waals surface area (Å²) in [6, 6.07) is 0. The molecule has 1 aromatic rings. The predicted molar refractivity (Wildman–Crippen MR) is 51.7 cm³/mol. The molecule has 0 aliphatic carbocycles. The first-order valence-electron chi connectivity index (χ1n) is 4.96. The van der Waals surface area contributed by atoms with Crippen molar-refractivity contribution in [2.75, 3.05) is 6.61 Å². The zero-order chi connectivity index (χ0) is 10.1. The molecule has 0 radical (unpaired) electrons. The monoisotopic (exact) mass is 196 g/mol. The number of aryl methyl sites for hydroxylation is 1. The van der Waals surface area contributed by atoms with Gasteiger partial charge < -0.3 is 9.84 Å². The zero-order valence-corrected chi connectivity index (χ0v) is 8.55. The highest BCUT2D eigenvalue weighted by atomic mass is 16.5. The summed E-state index contributed by atoms with van der Waals surface area (Å²) in [4.78, 5) is 0. The third-order valence-corrected chi connectivity index (χ3v) is 2.91. The maximum atomic E-state index is 10.1. The topological polar surface area (TPSA) is 47.3 Å². The molecule has 0 bridgehead atoms. The van der Waals surface area contributed by atoms with Crippen molar-refractivity contribution in [3.8, 4) is 0 Å². The maximum absolute atomic E-state index is 10.1. The Morgan fingerprint density at radius 3 is 3.00 bits per heavy atom. The first-order chi connectivity index (χ1) is 6.68. The number of nitrogens with zero attached hydrogens (tertiary/aromatic N) is 2. The number of rotatable bonds is 2. The van der Waals surface area contributed by atoms with Gasteiger partial charge in [0.05, 0.1) is 18.4 Å². The highest BCUT2D eigenvalue weighted by Gasteiger charge is 2.32. The highest BCUT2D eigenvalue weighted by molar-refractivity contribution is 5.10. The van der Waals surface area contributed by atoms with Crippen LogP contribution in [0.25, 0.3) is 0 Å². The third kappa shape index (κ3) is 1.67. The minimum absolute atomic E-state index is 0.144. The Morgan fingerprint density at radius 1 is 1.71 bits per heavy atom. The van der Waals surface area contributed by atoms with Gasteiger partial charge in [-0.05, 0) is 13.3 Å². The van der Waals surface area contributed by atoms with Crippen LogP contribution in [-0.2, 0) is 11.8 Å². The van der Waals surface area contributed by atoms with Crippen molar-refractivity contribution in [1.82, 2.24) is 9.78 Å². The van der Waals surface area contributed by atoms with Crippen LogP contribution in [0.4, 0.5) is 0 Å². The van der Waals surface area contributed by atoms with Crippen molar-refractivity contribution >= 4 is 0 Å². The second-order valence-electron chi connectivity index (χ2n) is 3.92. The van der Waals surface area contributed by atoms with E-state index in [0.29, 0.717) is 0 Å². The summed E-state index contributed by atoms with van der Waals surface area (Å²) in [5.41, 5.74) is 0.884. The second kappa shape index (κ2) is 3.71. The average molecular weight is 196 g/mol. The molecule has 2 heterocycles. The normalized spacial score (nSPS) is 29.4. The van der Waals surface area contributed by atoms with Gasteiger partial charge >= 0.3 is 0 Å². The molecule has 0 amide bonds. The number of aliphatic hydroxyl groups is 1. The molecule has 3 unspecified atom stereocenters. The SMILES string of the molecule is CC1OCCC1C(O)c1cnn(C)c1. The third-order valence-electron chi connectivity index (χ3n) is 2.91. The van der Waals surface area contributed by atoms with Gasteiger partial charge in [-0.3, -0.25) is 4.68 Å². The number of aliphatic hydroxyl groups excluding tert-OH is 1. The molecule has 4 heteroatoms. The smallest absolute Gasteiger partial charge is 0.0874 e. The van der Waals surface area contributed by atoms with Crippen LogP contribution in [0.15, 0.2) is 12.4 Å². The van der Waals surface area contributed by atoms with Crippen LogP contribution in [-0.4, -0.2) is 27.6 Å². The van der Waals surface area contributed by atoms with Crippen molar-refractivity contribution in [2.24, 2.45) is 13.0 Å². The van der Waals surface area contributed by atoms with E-state index < -0.39 is 6.10 Å². The van der Waals surface area contributed by atoms with Crippen molar-refractivity contribution < 1.29 is 9.84 Å². The van der Waals surface area contributed by atoms with E-state index in [2.05, 4.69) is 5.10 Å². The number of hydrogen-bond acceptors (Lipinski definition) is 3. The zero-order valence-electron chi connectivity index (χ0n) is 8.55.